The fourth-order valence-corrected chi connectivity index (χ4v) is 3.53. The quantitative estimate of drug-likeness (QED) is 0.302. The zero-order valence-electron chi connectivity index (χ0n) is 18.8. The summed E-state index contributed by atoms with van der Waals surface area (Å²) in [5.74, 6) is 1.29. The molecule has 0 radical (unpaired) electrons. The molecular formula is C27H30F3NO2. The summed E-state index contributed by atoms with van der Waals surface area (Å²) in [6, 6.07) is 24.4. The lowest BCUT2D eigenvalue weighted by atomic mass is 9.92. The lowest BCUT2D eigenvalue weighted by Crippen LogP contribution is -2.34. The first kappa shape index (κ1) is 24.6. The molecule has 1 N–H and O–H groups in total. The van der Waals surface area contributed by atoms with E-state index in [4.69, 9.17) is 9.47 Å². The van der Waals surface area contributed by atoms with Gasteiger partial charge in [0.05, 0.1) is 12.2 Å². The highest BCUT2D eigenvalue weighted by Crippen LogP contribution is 2.34. The van der Waals surface area contributed by atoms with E-state index in [9.17, 15) is 13.2 Å². The van der Waals surface area contributed by atoms with Gasteiger partial charge < -0.3 is 14.8 Å². The van der Waals surface area contributed by atoms with Gasteiger partial charge >= 0.3 is 6.18 Å². The first-order valence-electron chi connectivity index (χ1n) is 11.2. The Labute approximate surface area is 193 Å². The Balaban J connectivity index is 1.49. The van der Waals surface area contributed by atoms with Crippen molar-refractivity contribution >= 4 is 0 Å². The summed E-state index contributed by atoms with van der Waals surface area (Å²) < 4.78 is 50.5. The number of para-hydroxylation sites is 1. The summed E-state index contributed by atoms with van der Waals surface area (Å²) in [6.07, 6.45) is -1.77. The van der Waals surface area contributed by atoms with Crippen LogP contribution in [-0.4, -0.2) is 19.7 Å². The number of rotatable bonds is 12. The standard InChI is InChI=1S/C27H30F3NO2/c1-26(22-10-4-2-5-11-22,33-25-16-14-23(15-17-25)27(28,29)30)18-20-31-19-8-9-21-32-24-12-6-3-7-13-24/h2-7,10-17,31H,8-9,18-21H2,1H3. The van der Waals surface area contributed by atoms with Crippen molar-refractivity contribution in [3.63, 3.8) is 0 Å². The molecule has 0 aromatic heterocycles. The largest absolute Gasteiger partial charge is 0.494 e. The molecule has 0 saturated carbocycles. The number of hydrogen-bond donors (Lipinski definition) is 1. The van der Waals surface area contributed by atoms with Crippen LogP contribution < -0.4 is 14.8 Å². The van der Waals surface area contributed by atoms with E-state index in [2.05, 4.69) is 5.32 Å². The number of ether oxygens (including phenoxy) is 2. The molecule has 6 heteroatoms. The SMILES string of the molecule is CC(CCNCCCCOc1ccccc1)(Oc1ccc(C(F)(F)F)cc1)c1ccccc1. The Morgan fingerprint density at radius 3 is 1.97 bits per heavy atom. The summed E-state index contributed by atoms with van der Waals surface area (Å²) in [5.41, 5.74) is -0.387. The predicted octanol–water partition coefficient (Wildman–Crippen LogP) is 6.84. The zero-order chi connectivity index (χ0) is 23.6. The van der Waals surface area contributed by atoms with Gasteiger partial charge in [-0.05, 0) is 74.8 Å². The van der Waals surface area contributed by atoms with Crippen LogP contribution in [0.15, 0.2) is 84.9 Å². The van der Waals surface area contributed by atoms with Crippen molar-refractivity contribution in [3.8, 4) is 11.5 Å². The molecule has 1 atom stereocenters. The second kappa shape index (κ2) is 11.8. The molecule has 0 amide bonds. The molecule has 1 unspecified atom stereocenters. The molecule has 0 spiro atoms. The van der Waals surface area contributed by atoms with E-state index in [1.807, 2.05) is 67.6 Å². The highest BCUT2D eigenvalue weighted by atomic mass is 19.4. The van der Waals surface area contributed by atoms with Crippen LogP contribution in [0, 0.1) is 0 Å². The second-order valence-electron chi connectivity index (χ2n) is 8.09. The fraction of sp³-hybridized carbons (Fsp3) is 0.333. The zero-order valence-corrected chi connectivity index (χ0v) is 18.8. The first-order valence-corrected chi connectivity index (χ1v) is 11.2. The van der Waals surface area contributed by atoms with Crippen LogP contribution in [0.1, 0.15) is 37.3 Å². The molecular weight excluding hydrogens is 427 g/mol. The van der Waals surface area contributed by atoms with Crippen molar-refractivity contribution in [2.24, 2.45) is 0 Å². The molecule has 3 rings (SSSR count). The van der Waals surface area contributed by atoms with Crippen LogP contribution in [0.2, 0.25) is 0 Å². The molecule has 0 heterocycles. The van der Waals surface area contributed by atoms with Gasteiger partial charge in [0.15, 0.2) is 0 Å². The monoisotopic (exact) mass is 457 g/mol. The van der Waals surface area contributed by atoms with Gasteiger partial charge in [-0.3, -0.25) is 0 Å². The highest BCUT2D eigenvalue weighted by molar-refractivity contribution is 5.31. The number of hydrogen-bond acceptors (Lipinski definition) is 3. The summed E-state index contributed by atoms with van der Waals surface area (Å²) >= 11 is 0. The number of halogens is 3. The van der Waals surface area contributed by atoms with E-state index in [0.29, 0.717) is 25.3 Å². The topological polar surface area (TPSA) is 30.5 Å². The second-order valence-corrected chi connectivity index (χ2v) is 8.09. The molecule has 3 aromatic carbocycles. The van der Waals surface area contributed by atoms with Crippen molar-refractivity contribution in [3.05, 3.63) is 96.1 Å². The van der Waals surface area contributed by atoms with Crippen molar-refractivity contribution in [1.29, 1.82) is 0 Å². The summed E-state index contributed by atoms with van der Waals surface area (Å²) in [6.45, 7) is 4.20. The normalized spacial score (nSPS) is 13.3. The maximum absolute atomic E-state index is 12.9. The molecule has 33 heavy (non-hydrogen) atoms. The fourth-order valence-electron chi connectivity index (χ4n) is 3.53. The van der Waals surface area contributed by atoms with Crippen LogP contribution in [0.3, 0.4) is 0 Å². The minimum Gasteiger partial charge on any atom is -0.494 e. The van der Waals surface area contributed by atoms with Crippen molar-refractivity contribution in [2.75, 3.05) is 19.7 Å². The van der Waals surface area contributed by atoms with Gasteiger partial charge in [0.1, 0.15) is 17.1 Å². The van der Waals surface area contributed by atoms with Crippen LogP contribution in [-0.2, 0) is 11.8 Å². The van der Waals surface area contributed by atoms with Gasteiger partial charge in [0, 0.05) is 6.42 Å². The summed E-state index contributed by atoms with van der Waals surface area (Å²) in [4.78, 5) is 0. The summed E-state index contributed by atoms with van der Waals surface area (Å²) in [7, 11) is 0. The van der Waals surface area contributed by atoms with E-state index in [1.165, 1.54) is 12.1 Å². The molecule has 3 nitrogen and oxygen atoms in total. The Bertz CT molecular complexity index is 947. The number of unbranched alkanes of at least 4 members (excludes halogenated alkanes) is 1. The van der Waals surface area contributed by atoms with Crippen molar-refractivity contribution in [2.45, 2.75) is 38.0 Å². The smallest absolute Gasteiger partial charge is 0.416 e. The molecule has 3 aromatic rings. The van der Waals surface area contributed by atoms with Gasteiger partial charge in [-0.25, -0.2) is 0 Å². The molecule has 0 aliphatic carbocycles. The third-order valence-corrected chi connectivity index (χ3v) is 5.45. The maximum Gasteiger partial charge on any atom is 0.416 e. The van der Waals surface area contributed by atoms with Gasteiger partial charge in [-0.1, -0.05) is 48.5 Å². The molecule has 0 saturated heterocycles. The Morgan fingerprint density at radius 2 is 1.33 bits per heavy atom. The predicted molar refractivity (Wildman–Crippen MR) is 125 cm³/mol. The van der Waals surface area contributed by atoms with E-state index in [-0.39, 0.29) is 0 Å². The van der Waals surface area contributed by atoms with Crippen molar-refractivity contribution in [1.82, 2.24) is 5.32 Å². The van der Waals surface area contributed by atoms with Gasteiger partial charge in [-0.15, -0.1) is 0 Å². The van der Waals surface area contributed by atoms with Crippen LogP contribution >= 0.6 is 0 Å². The Morgan fingerprint density at radius 1 is 0.697 bits per heavy atom. The maximum atomic E-state index is 12.9. The average molecular weight is 458 g/mol. The molecule has 0 aliphatic heterocycles. The molecule has 0 bridgehead atoms. The number of alkyl halides is 3. The van der Waals surface area contributed by atoms with Crippen molar-refractivity contribution < 1.29 is 22.6 Å². The van der Waals surface area contributed by atoms with E-state index in [0.717, 1.165) is 42.8 Å². The Hall–Kier alpha value is -2.99. The summed E-state index contributed by atoms with van der Waals surface area (Å²) in [5, 5.41) is 3.44. The van der Waals surface area contributed by atoms with Crippen LogP contribution in [0.5, 0.6) is 11.5 Å². The Kier molecular flexibility index (Phi) is 8.78. The lowest BCUT2D eigenvalue weighted by molar-refractivity contribution is -0.137. The first-order chi connectivity index (χ1) is 15.9. The average Bonchev–Trinajstić information content (AvgIpc) is 2.82. The van der Waals surface area contributed by atoms with E-state index >= 15 is 0 Å². The molecule has 0 aliphatic rings. The molecule has 176 valence electrons. The third kappa shape index (κ3) is 7.82. The van der Waals surface area contributed by atoms with Gasteiger partial charge in [-0.2, -0.15) is 13.2 Å². The lowest BCUT2D eigenvalue weighted by Gasteiger charge is -2.32. The van der Waals surface area contributed by atoms with Gasteiger partial charge in [0.2, 0.25) is 0 Å². The third-order valence-electron chi connectivity index (χ3n) is 5.45. The van der Waals surface area contributed by atoms with Gasteiger partial charge in [0.25, 0.3) is 0 Å². The number of nitrogens with one attached hydrogen (secondary N) is 1. The number of benzene rings is 3. The van der Waals surface area contributed by atoms with Crippen LogP contribution in [0.4, 0.5) is 13.2 Å². The highest BCUT2D eigenvalue weighted by Gasteiger charge is 2.31. The minimum absolute atomic E-state index is 0.410. The molecule has 0 fully saturated rings. The van der Waals surface area contributed by atoms with E-state index in [1.54, 1.807) is 0 Å². The minimum atomic E-state index is -4.36. The van der Waals surface area contributed by atoms with E-state index < -0.39 is 17.3 Å². The van der Waals surface area contributed by atoms with Crippen LogP contribution in [0.25, 0.3) is 0 Å².